The van der Waals surface area contributed by atoms with E-state index in [1.165, 1.54) is 6.07 Å². The van der Waals surface area contributed by atoms with Crippen molar-refractivity contribution in [3.05, 3.63) is 60.2 Å². The monoisotopic (exact) mass is 343 g/mol. The van der Waals surface area contributed by atoms with Gasteiger partial charge in [0.25, 0.3) is 10.1 Å². The molecular weight excluding hydrogens is 326 g/mol. The highest BCUT2D eigenvalue weighted by atomic mass is 32.2. The van der Waals surface area contributed by atoms with Crippen LogP contribution >= 0.6 is 0 Å². The number of anilines is 2. The number of aromatic hydroxyl groups is 1. The first-order valence-electron chi connectivity index (χ1n) is 7.48. The van der Waals surface area contributed by atoms with E-state index in [1.807, 2.05) is 36.4 Å². The van der Waals surface area contributed by atoms with Crippen molar-refractivity contribution in [2.45, 2.75) is 18.2 Å². The number of fused-ring (bicyclic) bond motifs is 1. The molecule has 3 aromatic rings. The molecule has 5 nitrogen and oxygen atoms in total. The number of rotatable bonds is 4. The van der Waals surface area contributed by atoms with Crippen LogP contribution in [0.2, 0.25) is 0 Å². The van der Waals surface area contributed by atoms with E-state index >= 15 is 0 Å². The lowest BCUT2D eigenvalue weighted by atomic mass is 10.0. The predicted molar refractivity (Wildman–Crippen MR) is 94.5 cm³/mol. The standard InChI is InChI=1S/C18H17NO4S/c1-2-15-17(24(21,22)23)11-12-10-14(8-9-16(12)18(15)20)19-13-6-4-3-5-7-13/h3-11,19-20H,2H2,1H3,(H,21,22,23). The van der Waals surface area contributed by atoms with E-state index in [0.29, 0.717) is 17.2 Å². The summed E-state index contributed by atoms with van der Waals surface area (Å²) in [5.74, 6) is -0.117. The third-order valence-corrected chi connectivity index (χ3v) is 4.79. The normalized spacial score (nSPS) is 11.6. The first-order valence-corrected chi connectivity index (χ1v) is 8.92. The molecule has 0 atom stereocenters. The summed E-state index contributed by atoms with van der Waals surface area (Å²) in [7, 11) is -4.41. The lowest BCUT2D eigenvalue weighted by Gasteiger charge is -2.13. The Hall–Kier alpha value is -2.57. The van der Waals surface area contributed by atoms with E-state index in [2.05, 4.69) is 5.32 Å². The summed E-state index contributed by atoms with van der Waals surface area (Å²) in [6.45, 7) is 1.72. The maximum atomic E-state index is 11.6. The Morgan fingerprint density at radius 3 is 2.33 bits per heavy atom. The maximum absolute atomic E-state index is 11.6. The molecular formula is C18H17NO4S. The number of hydrogen-bond acceptors (Lipinski definition) is 4. The molecule has 0 bridgehead atoms. The van der Waals surface area contributed by atoms with Crippen LogP contribution in [0.4, 0.5) is 11.4 Å². The first kappa shape index (κ1) is 16.3. The van der Waals surface area contributed by atoms with Crippen molar-refractivity contribution in [2.24, 2.45) is 0 Å². The van der Waals surface area contributed by atoms with Crippen LogP contribution < -0.4 is 5.32 Å². The van der Waals surface area contributed by atoms with E-state index in [-0.39, 0.29) is 16.2 Å². The first-order chi connectivity index (χ1) is 11.4. The molecule has 0 amide bonds. The smallest absolute Gasteiger partial charge is 0.294 e. The number of phenols is 1. The quantitative estimate of drug-likeness (QED) is 0.621. The third kappa shape index (κ3) is 3.06. The minimum atomic E-state index is -4.41. The summed E-state index contributed by atoms with van der Waals surface area (Å²) in [5, 5.41) is 14.7. The van der Waals surface area contributed by atoms with Crippen molar-refractivity contribution in [3.8, 4) is 5.75 Å². The van der Waals surface area contributed by atoms with Crippen LogP contribution in [-0.2, 0) is 16.5 Å². The predicted octanol–water partition coefficient (Wildman–Crippen LogP) is 4.10. The third-order valence-electron chi connectivity index (χ3n) is 3.87. The van der Waals surface area contributed by atoms with Crippen molar-refractivity contribution in [1.29, 1.82) is 0 Å². The molecule has 0 radical (unpaired) electrons. The molecule has 124 valence electrons. The van der Waals surface area contributed by atoms with Gasteiger partial charge in [-0.2, -0.15) is 8.42 Å². The van der Waals surface area contributed by atoms with Gasteiger partial charge in [0, 0.05) is 22.3 Å². The Bertz CT molecular complexity index is 998. The second-order valence-corrected chi connectivity index (χ2v) is 6.85. The summed E-state index contributed by atoms with van der Waals surface area (Å²) in [6.07, 6.45) is 0.293. The second-order valence-electron chi connectivity index (χ2n) is 5.46. The minimum absolute atomic E-state index is 0.117. The average molecular weight is 343 g/mol. The SMILES string of the molecule is CCc1c(S(=O)(=O)O)cc2cc(Nc3ccccc3)ccc2c1O. The molecule has 0 saturated heterocycles. The van der Waals surface area contributed by atoms with Gasteiger partial charge in [-0.25, -0.2) is 0 Å². The highest BCUT2D eigenvalue weighted by Crippen LogP contribution is 2.36. The van der Waals surface area contributed by atoms with Crippen LogP contribution in [0.15, 0.2) is 59.5 Å². The Labute approximate surface area is 140 Å². The van der Waals surface area contributed by atoms with E-state index in [1.54, 1.807) is 19.1 Å². The van der Waals surface area contributed by atoms with Crippen LogP contribution in [0.5, 0.6) is 5.75 Å². The van der Waals surface area contributed by atoms with Gasteiger partial charge in [-0.3, -0.25) is 4.55 Å². The van der Waals surface area contributed by atoms with Crippen molar-refractivity contribution < 1.29 is 18.1 Å². The lowest BCUT2D eigenvalue weighted by molar-refractivity contribution is 0.464. The largest absolute Gasteiger partial charge is 0.507 e. The zero-order chi connectivity index (χ0) is 17.3. The number of benzene rings is 3. The van der Waals surface area contributed by atoms with Gasteiger partial charge in [0.2, 0.25) is 0 Å². The molecule has 0 saturated carbocycles. The fourth-order valence-electron chi connectivity index (χ4n) is 2.74. The Balaban J connectivity index is 2.16. The fourth-order valence-corrected chi connectivity index (χ4v) is 3.57. The Morgan fingerprint density at radius 2 is 1.71 bits per heavy atom. The molecule has 6 heteroatoms. The summed E-state index contributed by atoms with van der Waals surface area (Å²) in [6, 6.07) is 16.2. The minimum Gasteiger partial charge on any atom is -0.507 e. The zero-order valence-electron chi connectivity index (χ0n) is 13.0. The zero-order valence-corrected chi connectivity index (χ0v) is 13.8. The molecule has 0 unspecified atom stereocenters. The van der Waals surface area contributed by atoms with Gasteiger partial charge in [-0.1, -0.05) is 25.1 Å². The molecule has 0 spiro atoms. The van der Waals surface area contributed by atoms with Gasteiger partial charge in [0.15, 0.2) is 0 Å². The molecule has 0 aliphatic rings. The highest BCUT2D eigenvalue weighted by Gasteiger charge is 2.20. The molecule has 24 heavy (non-hydrogen) atoms. The van der Waals surface area contributed by atoms with Gasteiger partial charge in [0.05, 0.1) is 0 Å². The van der Waals surface area contributed by atoms with E-state index < -0.39 is 10.1 Å². The molecule has 3 rings (SSSR count). The number of nitrogens with one attached hydrogen (secondary N) is 1. The molecule has 0 aromatic heterocycles. The van der Waals surface area contributed by atoms with Crippen molar-refractivity contribution in [2.75, 3.05) is 5.32 Å². The van der Waals surface area contributed by atoms with E-state index in [4.69, 9.17) is 0 Å². The lowest BCUT2D eigenvalue weighted by Crippen LogP contribution is -2.03. The summed E-state index contributed by atoms with van der Waals surface area (Å²) >= 11 is 0. The highest BCUT2D eigenvalue weighted by molar-refractivity contribution is 7.85. The fraction of sp³-hybridized carbons (Fsp3) is 0.111. The van der Waals surface area contributed by atoms with E-state index in [9.17, 15) is 18.1 Å². The molecule has 0 aliphatic carbocycles. The van der Waals surface area contributed by atoms with Crippen LogP contribution in [0.3, 0.4) is 0 Å². The van der Waals surface area contributed by atoms with Gasteiger partial charge >= 0.3 is 0 Å². The van der Waals surface area contributed by atoms with Crippen molar-refractivity contribution >= 4 is 32.3 Å². The van der Waals surface area contributed by atoms with Gasteiger partial charge < -0.3 is 10.4 Å². The molecule has 0 heterocycles. The molecule has 0 aliphatic heterocycles. The maximum Gasteiger partial charge on any atom is 0.294 e. The van der Waals surface area contributed by atoms with Crippen molar-refractivity contribution in [1.82, 2.24) is 0 Å². The number of phenolic OH excluding ortho intramolecular Hbond substituents is 1. The second kappa shape index (κ2) is 6.14. The van der Waals surface area contributed by atoms with Crippen LogP contribution in [0.25, 0.3) is 10.8 Å². The molecule has 3 aromatic carbocycles. The molecule has 3 N–H and O–H groups in total. The number of para-hydroxylation sites is 1. The van der Waals surface area contributed by atoms with E-state index in [0.717, 1.165) is 11.4 Å². The molecule has 0 fully saturated rings. The Kier molecular flexibility index (Phi) is 4.17. The van der Waals surface area contributed by atoms with Crippen molar-refractivity contribution in [3.63, 3.8) is 0 Å². The van der Waals surface area contributed by atoms with Crippen LogP contribution in [-0.4, -0.2) is 18.1 Å². The number of hydrogen-bond donors (Lipinski definition) is 3. The summed E-state index contributed by atoms with van der Waals surface area (Å²) in [4.78, 5) is -0.258. The van der Waals surface area contributed by atoms with Gasteiger partial charge in [-0.05, 0) is 48.2 Å². The Morgan fingerprint density at radius 1 is 1.00 bits per heavy atom. The van der Waals surface area contributed by atoms with Crippen LogP contribution in [0.1, 0.15) is 12.5 Å². The van der Waals surface area contributed by atoms with Crippen LogP contribution in [0, 0.1) is 0 Å². The summed E-state index contributed by atoms with van der Waals surface area (Å²) in [5.41, 5.74) is 1.86. The topological polar surface area (TPSA) is 86.6 Å². The summed E-state index contributed by atoms with van der Waals surface area (Å²) < 4.78 is 32.7. The van der Waals surface area contributed by atoms with Gasteiger partial charge in [-0.15, -0.1) is 0 Å². The average Bonchev–Trinajstić information content (AvgIpc) is 2.54. The van der Waals surface area contributed by atoms with Gasteiger partial charge in [0.1, 0.15) is 10.6 Å².